The summed E-state index contributed by atoms with van der Waals surface area (Å²) in [6.07, 6.45) is -6.96. The molecule has 3 fully saturated rings. The van der Waals surface area contributed by atoms with E-state index >= 15 is 8.78 Å². The molecule has 9 N–H and O–H groups in total. The fourth-order valence-electron chi connectivity index (χ4n) is 9.14. The van der Waals surface area contributed by atoms with E-state index in [1.807, 2.05) is 18.8 Å². The van der Waals surface area contributed by atoms with Gasteiger partial charge in [0.2, 0.25) is 11.8 Å². The number of hydrogen-bond acceptors (Lipinski definition) is 20. The minimum Gasteiger partial charge on any atom is -0.364 e. The number of carbonyl (C=O) groups excluding carboxylic acids is 5. The van der Waals surface area contributed by atoms with E-state index in [1.54, 1.807) is 24.3 Å². The molecule has 4 aliphatic heterocycles. The molecule has 80 heavy (non-hydrogen) atoms. The highest BCUT2D eigenvalue weighted by atomic mass is 32.7. The lowest BCUT2D eigenvalue weighted by atomic mass is 10.0. The number of imide groups is 1. The molecule has 0 aliphatic carbocycles. The number of ether oxygens (including phenoxy) is 2. The number of unbranched alkanes of at least 4 members (excludes halogenated alkanes) is 2. The Hall–Kier alpha value is -6.31. The van der Waals surface area contributed by atoms with Crippen molar-refractivity contribution >= 4 is 79.2 Å². The number of phosphoric acid groups is 1. The van der Waals surface area contributed by atoms with Crippen LogP contribution in [-0.2, 0) is 62.4 Å². The van der Waals surface area contributed by atoms with Crippen LogP contribution in [0.3, 0.4) is 0 Å². The third-order valence-corrected chi connectivity index (χ3v) is 15.8. The predicted molar refractivity (Wildman–Crippen MR) is 280 cm³/mol. The van der Waals surface area contributed by atoms with Gasteiger partial charge in [-0.1, -0.05) is 44.6 Å². The molecule has 0 saturated carbocycles. The summed E-state index contributed by atoms with van der Waals surface area (Å²) in [5, 5.41) is 14.6. The van der Waals surface area contributed by atoms with Gasteiger partial charge in [0.15, 0.2) is 41.8 Å². The largest absolute Gasteiger partial charge is 0.472 e. The molecule has 34 heteroatoms. The van der Waals surface area contributed by atoms with E-state index < -0.39 is 118 Å². The number of urea groups is 1. The van der Waals surface area contributed by atoms with E-state index in [-0.39, 0.29) is 54.2 Å². The topological polar surface area (TPSA) is 383 Å². The number of anilines is 2. The molecular weight excluding hydrogens is 1120 g/mol. The molecule has 7 heterocycles. The molecular formula is C46H59F2N13O16P2S. The fraction of sp³-hybridized carbons (Fsp3) is 0.522. The molecule has 1 aromatic carbocycles. The highest BCUT2D eigenvalue weighted by molar-refractivity contribution is 8.44. The van der Waals surface area contributed by atoms with Crippen molar-refractivity contribution in [2.24, 2.45) is 11.7 Å². The van der Waals surface area contributed by atoms with E-state index in [9.17, 15) is 47.6 Å². The van der Waals surface area contributed by atoms with Gasteiger partial charge in [-0.15, -0.1) is 0 Å². The van der Waals surface area contributed by atoms with Crippen molar-refractivity contribution in [1.29, 1.82) is 0 Å². The molecule has 0 bridgehead atoms. The minimum atomic E-state index is -5.26. The molecule has 8 rings (SSSR count). The van der Waals surface area contributed by atoms with Crippen LogP contribution in [0.1, 0.15) is 64.0 Å². The zero-order chi connectivity index (χ0) is 57.5. The number of halogens is 2. The summed E-state index contributed by atoms with van der Waals surface area (Å²) in [6.45, 7) is -1.64. The van der Waals surface area contributed by atoms with Gasteiger partial charge < -0.3 is 46.7 Å². The number of benzene rings is 1. The number of fused-ring (bicyclic) bond motifs is 3. The second-order valence-corrected chi connectivity index (χ2v) is 23.5. The number of carbonyl (C=O) groups is 5. The lowest BCUT2D eigenvalue weighted by Gasteiger charge is -2.27. The number of hydrogen-bond donors (Lipinski definition) is 9. The maximum Gasteiger partial charge on any atom is 0.472 e. The smallest absolute Gasteiger partial charge is 0.364 e. The molecule has 0 radical (unpaired) electrons. The van der Waals surface area contributed by atoms with Crippen molar-refractivity contribution in [1.82, 2.24) is 49.9 Å². The first-order chi connectivity index (χ1) is 38.1. The average Bonchev–Trinajstić information content (AvgIpc) is 4.15. The summed E-state index contributed by atoms with van der Waals surface area (Å²) in [4.78, 5) is 113. The zero-order valence-corrected chi connectivity index (χ0v) is 45.5. The van der Waals surface area contributed by atoms with Crippen LogP contribution in [0.15, 0.2) is 70.9 Å². The summed E-state index contributed by atoms with van der Waals surface area (Å²) in [5.41, 5.74) is 4.64. The first-order valence-corrected chi connectivity index (χ1v) is 29.4. The summed E-state index contributed by atoms with van der Waals surface area (Å²) in [7, 11) is -5.26. The van der Waals surface area contributed by atoms with Crippen LogP contribution in [0.5, 0.6) is 0 Å². The number of amides is 6. The molecule has 4 aliphatic rings. The van der Waals surface area contributed by atoms with Crippen molar-refractivity contribution in [3.05, 3.63) is 87.7 Å². The van der Waals surface area contributed by atoms with Crippen LogP contribution in [0, 0.1) is 5.92 Å². The molecule has 434 valence electrons. The van der Waals surface area contributed by atoms with Gasteiger partial charge in [0.1, 0.15) is 36.8 Å². The normalized spacial score (nSPS) is 27.7. The number of imidazole rings is 1. The summed E-state index contributed by atoms with van der Waals surface area (Å²) in [5.74, 6) is -1.57. The number of rotatable bonds is 21. The van der Waals surface area contributed by atoms with Crippen LogP contribution in [0.25, 0.3) is 11.2 Å². The Labute approximate surface area is 458 Å². The summed E-state index contributed by atoms with van der Waals surface area (Å²) >= 11 is 3.96. The molecule has 4 aromatic rings. The number of aromatic nitrogens is 6. The third kappa shape index (κ3) is 14.8. The van der Waals surface area contributed by atoms with Crippen molar-refractivity contribution in [3.8, 4) is 0 Å². The van der Waals surface area contributed by atoms with Gasteiger partial charge in [0, 0.05) is 49.7 Å². The number of phosphoric ester groups is 1. The molecule has 0 spiro atoms. The number of aromatic amines is 1. The minimum absolute atomic E-state index is 0.0384. The van der Waals surface area contributed by atoms with Gasteiger partial charge in [0.05, 0.1) is 25.6 Å². The SMILES string of the molecule is CC(C)C(NCCCCCN1C(=O)C=CC1=O)C(=O)NC(CCCNC(N)=O)C(=O)Nc1ccc(CNc2ncnc3c2ncn3[C@@H]2O[C@@H]3COP(=O)(S)O[C@H]4[C@@H](F)[C@H](n5ccc(=O)[nH]c5=O)O[C@@H]4COP(=O)(O)O[C@H]3[C@H]2F)cc1. The van der Waals surface area contributed by atoms with Gasteiger partial charge in [0.25, 0.3) is 17.4 Å². The van der Waals surface area contributed by atoms with Crippen LogP contribution in [0.4, 0.5) is 25.1 Å². The zero-order valence-electron chi connectivity index (χ0n) is 42.8. The van der Waals surface area contributed by atoms with Crippen LogP contribution < -0.4 is 43.6 Å². The molecule has 6 amide bonds. The number of thiol groups is 1. The number of nitrogens with one attached hydrogen (secondary N) is 6. The van der Waals surface area contributed by atoms with Gasteiger partial charge in [-0.25, -0.2) is 42.5 Å². The Bertz CT molecular complexity index is 3160. The Morgan fingerprint density at radius 2 is 1.54 bits per heavy atom. The highest BCUT2D eigenvalue weighted by Gasteiger charge is 2.55. The van der Waals surface area contributed by atoms with Crippen molar-refractivity contribution < 1.29 is 74.3 Å². The average molecular weight is 1180 g/mol. The molecule has 29 nitrogen and oxygen atoms in total. The fourth-order valence-corrected chi connectivity index (χ4v) is 11.6. The highest BCUT2D eigenvalue weighted by Crippen LogP contribution is 2.58. The van der Waals surface area contributed by atoms with Gasteiger partial charge in [-0.3, -0.25) is 61.1 Å². The van der Waals surface area contributed by atoms with E-state index in [4.69, 9.17) is 33.3 Å². The van der Waals surface area contributed by atoms with Crippen molar-refractivity contribution in [2.45, 2.75) is 114 Å². The van der Waals surface area contributed by atoms with Gasteiger partial charge in [-0.05, 0) is 55.8 Å². The Morgan fingerprint density at radius 1 is 0.863 bits per heavy atom. The second kappa shape index (κ2) is 26.1. The lowest BCUT2D eigenvalue weighted by molar-refractivity contribution is -0.137. The maximum absolute atomic E-state index is 16.6. The van der Waals surface area contributed by atoms with Crippen LogP contribution >= 0.6 is 26.9 Å². The number of H-pyrrole nitrogens is 1. The Kier molecular flexibility index (Phi) is 19.5. The van der Waals surface area contributed by atoms with E-state index in [2.05, 4.69) is 53.8 Å². The molecule has 4 unspecified atom stereocenters. The molecule has 12 atom stereocenters. The monoisotopic (exact) mass is 1180 g/mol. The number of primary amides is 1. The van der Waals surface area contributed by atoms with Crippen LogP contribution in [-0.4, -0.2) is 150 Å². The van der Waals surface area contributed by atoms with Crippen molar-refractivity contribution in [3.63, 3.8) is 0 Å². The lowest BCUT2D eigenvalue weighted by Crippen LogP contribution is -2.53. The summed E-state index contributed by atoms with van der Waals surface area (Å²) < 4.78 is 93.9. The first kappa shape index (κ1) is 59.8. The molecule has 3 saturated heterocycles. The van der Waals surface area contributed by atoms with E-state index in [0.717, 1.165) is 18.6 Å². The Balaban J connectivity index is 0.873. The predicted octanol–water partition coefficient (Wildman–Crippen LogP) is 2.00. The van der Waals surface area contributed by atoms with Crippen molar-refractivity contribution in [2.75, 3.05) is 43.5 Å². The standard InChI is InChI=1S/C46H59F2N13O16P2S/c1-24(2)35(50-15-4-3-5-17-59-31(63)12-13-32(59)64)42(66)57-27(7-6-16-51-45(49)67)41(65)56-26-10-8-25(9-11-26)19-52-39-36-40(54-22-53-39)61(23-55-36)44-33(47)37-29(75-44)21-73-79(71,80)77-38-28(20-72-78(69,70)76-37)74-43(34(38)48)60-18-14-30(62)58-46(60)68/h8-14,18,22-24,27-29,33-35,37-38,43-44,50H,3-7,15-17,19-21H2,1-2H3,(H,56,65)(H,57,66)(H,69,70)(H,71,80)(H3,49,51,67)(H,52,53,54)(H,58,62,68)/t27?,28-,29-,33-,34-,35?,37-,38-,43-,44-,79?/m1/s1. The molecule has 3 aromatic heterocycles. The number of alkyl halides is 2. The Morgan fingerprint density at radius 3 is 2.21 bits per heavy atom. The van der Waals surface area contributed by atoms with E-state index in [1.165, 1.54) is 27.9 Å². The quantitative estimate of drug-likeness (QED) is 0.0249. The third-order valence-electron chi connectivity index (χ3n) is 13.2. The van der Waals surface area contributed by atoms with E-state index in [0.29, 0.717) is 54.6 Å². The van der Waals surface area contributed by atoms with Crippen LogP contribution in [0.2, 0.25) is 0 Å². The maximum atomic E-state index is 16.6. The second-order valence-electron chi connectivity index (χ2n) is 19.2. The first-order valence-electron chi connectivity index (χ1n) is 25.2. The van der Waals surface area contributed by atoms with Gasteiger partial charge >= 0.3 is 26.3 Å². The van der Waals surface area contributed by atoms with Gasteiger partial charge in [-0.2, -0.15) is 0 Å². The number of nitrogens with zero attached hydrogens (tertiary/aromatic N) is 6. The summed E-state index contributed by atoms with van der Waals surface area (Å²) in [6, 6.07) is 5.21. The number of nitrogens with two attached hydrogens (primary N) is 1.